The van der Waals surface area contributed by atoms with E-state index in [0.717, 1.165) is 25.8 Å². The van der Waals surface area contributed by atoms with Gasteiger partial charge in [0.1, 0.15) is 0 Å². The van der Waals surface area contributed by atoms with Crippen LogP contribution in [0.2, 0.25) is 0 Å². The molecular weight excluding hydrogens is 228 g/mol. The molecule has 2 fully saturated rings. The van der Waals surface area contributed by atoms with Gasteiger partial charge in [0.25, 0.3) is 0 Å². The first-order valence-electron chi connectivity index (χ1n) is 5.87. The summed E-state index contributed by atoms with van der Waals surface area (Å²) in [7, 11) is -1.47. The molecule has 0 aliphatic carbocycles. The zero-order chi connectivity index (χ0) is 11.6. The zero-order valence-corrected chi connectivity index (χ0v) is 10.5. The second-order valence-corrected chi connectivity index (χ2v) is 6.73. The number of nitrogens with one attached hydrogen (secondary N) is 1. The van der Waals surface area contributed by atoms with Gasteiger partial charge in [-0.15, -0.1) is 0 Å². The maximum Gasteiger partial charge on any atom is 0.218 e. The summed E-state index contributed by atoms with van der Waals surface area (Å²) < 4.78 is 31.4. The van der Waals surface area contributed by atoms with E-state index in [4.69, 9.17) is 4.74 Å². The van der Waals surface area contributed by atoms with Crippen molar-refractivity contribution in [1.82, 2.24) is 9.62 Å². The summed E-state index contributed by atoms with van der Waals surface area (Å²) in [6, 6.07) is 0. The molecule has 2 rings (SSSR count). The molecule has 5 nitrogen and oxygen atoms in total. The van der Waals surface area contributed by atoms with Crippen molar-refractivity contribution >= 4 is 10.0 Å². The highest BCUT2D eigenvalue weighted by Crippen LogP contribution is 2.22. The van der Waals surface area contributed by atoms with Gasteiger partial charge < -0.3 is 10.1 Å². The summed E-state index contributed by atoms with van der Waals surface area (Å²) in [6.45, 7) is 2.66. The SMILES string of the molecule is COC1CCN(S(=O)(=O)C2CCCNC2)C1. The Balaban J connectivity index is 2.01. The third kappa shape index (κ3) is 2.40. The van der Waals surface area contributed by atoms with Gasteiger partial charge in [0.05, 0.1) is 11.4 Å². The van der Waals surface area contributed by atoms with Crippen LogP contribution in [0.15, 0.2) is 0 Å². The van der Waals surface area contributed by atoms with Crippen molar-refractivity contribution in [1.29, 1.82) is 0 Å². The second kappa shape index (κ2) is 5.00. The van der Waals surface area contributed by atoms with Crippen molar-refractivity contribution in [2.75, 3.05) is 33.3 Å². The lowest BCUT2D eigenvalue weighted by Crippen LogP contribution is -2.45. The summed E-state index contributed by atoms with van der Waals surface area (Å²) in [5, 5.41) is 2.91. The number of sulfonamides is 1. The van der Waals surface area contributed by atoms with Gasteiger partial charge in [-0.3, -0.25) is 0 Å². The first-order valence-corrected chi connectivity index (χ1v) is 7.37. The van der Waals surface area contributed by atoms with E-state index in [1.807, 2.05) is 0 Å². The third-order valence-corrected chi connectivity index (χ3v) is 5.77. The van der Waals surface area contributed by atoms with E-state index in [1.165, 1.54) is 0 Å². The van der Waals surface area contributed by atoms with Gasteiger partial charge in [0.2, 0.25) is 10.0 Å². The average Bonchev–Trinajstić information content (AvgIpc) is 2.79. The number of piperidine rings is 1. The summed E-state index contributed by atoms with van der Waals surface area (Å²) in [4.78, 5) is 0. The molecular formula is C10H20N2O3S. The minimum Gasteiger partial charge on any atom is -0.380 e. The van der Waals surface area contributed by atoms with Gasteiger partial charge in [-0.05, 0) is 25.8 Å². The molecule has 2 atom stereocenters. The van der Waals surface area contributed by atoms with Crippen molar-refractivity contribution in [3.8, 4) is 0 Å². The minimum absolute atomic E-state index is 0.0753. The Kier molecular flexibility index (Phi) is 3.84. The van der Waals surface area contributed by atoms with Crippen LogP contribution in [0, 0.1) is 0 Å². The Bertz CT molecular complexity index is 325. The lowest BCUT2D eigenvalue weighted by atomic mass is 10.2. The maximum absolute atomic E-state index is 12.3. The Morgan fingerprint density at radius 2 is 2.19 bits per heavy atom. The predicted molar refractivity (Wildman–Crippen MR) is 61.8 cm³/mol. The van der Waals surface area contributed by atoms with Crippen molar-refractivity contribution in [2.45, 2.75) is 30.6 Å². The number of hydrogen-bond acceptors (Lipinski definition) is 4. The number of nitrogens with zero attached hydrogens (tertiary/aromatic N) is 1. The molecule has 6 heteroatoms. The summed E-state index contributed by atoms with van der Waals surface area (Å²) in [5.74, 6) is 0. The van der Waals surface area contributed by atoms with Crippen LogP contribution in [-0.2, 0) is 14.8 Å². The van der Waals surface area contributed by atoms with Gasteiger partial charge in [-0.2, -0.15) is 4.31 Å². The number of rotatable bonds is 3. The van der Waals surface area contributed by atoms with E-state index in [-0.39, 0.29) is 11.4 Å². The monoisotopic (exact) mass is 248 g/mol. The lowest BCUT2D eigenvalue weighted by molar-refractivity contribution is 0.115. The standard InChI is InChI=1S/C10H20N2O3S/c1-15-9-4-6-12(8-9)16(13,14)10-3-2-5-11-7-10/h9-11H,2-8H2,1H3. The van der Waals surface area contributed by atoms with Gasteiger partial charge in [-0.1, -0.05) is 0 Å². The molecule has 0 aromatic heterocycles. The predicted octanol–water partition coefficient (Wildman–Crippen LogP) is -0.211. The molecule has 0 bridgehead atoms. The Morgan fingerprint density at radius 3 is 2.75 bits per heavy atom. The van der Waals surface area contributed by atoms with E-state index in [9.17, 15) is 8.42 Å². The number of hydrogen-bond donors (Lipinski definition) is 1. The van der Waals surface area contributed by atoms with Crippen LogP contribution in [0.3, 0.4) is 0 Å². The molecule has 0 amide bonds. The molecule has 16 heavy (non-hydrogen) atoms. The average molecular weight is 248 g/mol. The quantitative estimate of drug-likeness (QED) is 0.751. The van der Waals surface area contributed by atoms with Crippen molar-refractivity contribution in [2.24, 2.45) is 0 Å². The van der Waals surface area contributed by atoms with Crippen LogP contribution < -0.4 is 5.32 Å². The topological polar surface area (TPSA) is 58.6 Å². The summed E-state index contributed by atoms with van der Waals surface area (Å²) in [5.41, 5.74) is 0. The fourth-order valence-electron chi connectivity index (χ4n) is 2.41. The first-order chi connectivity index (χ1) is 7.64. The van der Waals surface area contributed by atoms with Crippen LogP contribution in [0.1, 0.15) is 19.3 Å². The lowest BCUT2D eigenvalue weighted by Gasteiger charge is -2.27. The van der Waals surface area contributed by atoms with Gasteiger partial charge in [-0.25, -0.2) is 8.42 Å². The molecule has 94 valence electrons. The molecule has 2 unspecified atom stereocenters. The molecule has 0 saturated carbocycles. The van der Waals surface area contributed by atoms with Crippen molar-refractivity contribution in [3.05, 3.63) is 0 Å². The highest BCUT2D eigenvalue weighted by Gasteiger charge is 2.37. The largest absolute Gasteiger partial charge is 0.380 e. The van der Waals surface area contributed by atoms with E-state index in [2.05, 4.69) is 5.32 Å². The van der Waals surface area contributed by atoms with Gasteiger partial charge >= 0.3 is 0 Å². The molecule has 0 aromatic carbocycles. The van der Waals surface area contributed by atoms with Gasteiger partial charge in [0, 0.05) is 26.7 Å². The number of methoxy groups -OCH3 is 1. The van der Waals surface area contributed by atoms with Crippen LogP contribution in [0.4, 0.5) is 0 Å². The van der Waals surface area contributed by atoms with E-state index in [0.29, 0.717) is 19.6 Å². The zero-order valence-electron chi connectivity index (χ0n) is 9.68. The summed E-state index contributed by atoms with van der Waals surface area (Å²) >= 11 is 0. The molecule has 2 aliphatic rings. The Hall–Kier alpha value is -0.170. The van der Waals surface area contributed by atoms with Crippen LogP contribution in [-0.4, -0.2) is 57.4 Å². The molecule has 0 aromatic rings. The maximum atomic E-state index is 12.3. The molecule has 2 heterocycles. The molecule has 2 saturated heterocycles. The Labute approximate surface area is 97.2 Å². The molecule has 1 N–H and O–H groups in total. The van der Waals surface area contributed by atoms with Gasteiger partial charge in [0.15, 0.2) is 0 Å². The van der Waals surface area contributed by atoms with E-state index >= 15 is 0 Å². The second-order valence-electron chi connectivity index (χ2n) is 4.52. The highest BCUT2D eigenvalue weighted by atomic mass is 32.2. The first kappa shape index (κ1) is 12.3. The third-order valence-electron chi connectivity index (χ3n) is 3.47. The smallest absolute Gasteiger partial charge is 0.218 e. The highest BCUT2D eigenvalue weighted by molar-refractivity contribution is 7.89. The minimum atomic E-state index is -3.11. The van der Waals surface area contributed by atoms with Crippen molar-refractivity contribution < 1.29 is 13.2 Å². The fourth-order valence-corrected chi connectivity index (χ4v) is 4.35. The fraction of sp³-hybridized carbons (Fsp3) is 1.00. The molecule has 0 radical (unpaired) electrons. The number of ether oxygens (including phenoxy) is 1. The van der Waals surface area contributed by atoms with E-state index < -0.39 is 10.0 Å². The van der Waals surface area contributed by atoms with Crippen LogP contribution in [0.25, 0.3) is 0 Å². The Morgan fingerprint density at radius 1 is 1.38 bits per heavy atom. The normalized spacial score (nSPS) is 33.1. The van der Waals surface area contributed by atoms with E-state index in [1.54, 1.807) is 11.4 Å². The van der Waals surface area contributed by atoms with Crippen molar-refractivity contribution in [3.63, 3.8) is 0 Å². The summed E-state index contributed by atoms with van der Waals surface area (Å²) in [6.07, 6.45) is 2.62. The molecule has 2 aliphatic heterocycles. The molecule has 0 spiro atoms. The van der Waals surface area contributed by atoms with Crippen LogP contribution >= 0.6 is 0 Å². The van der Waals surface area contributed by atoms with Crippen LogP contribution in [0.5, 0.6) is 0 Å².